The number of halogens is 3. The van der Waals surface area contributed by atoms with Gasteiger partial charge < -0.3 is 9.80 Å². The number of anilines is 2. The van der Waals surface area contributed by atoms with Gasteiger partial charge in [-0.05, 0) is 30.7 Å². The molecule has 2 aromatic heterocycles. The molecule has 0 N–H and O–H groups in total. The first-order valence-electron chi connectivity index (χ1n) is 8.38. The molecule has 2 fully saturated rings. The molecule has 0 bridgehead atoms. The van der Waals surface area contributed by atoms with Crippen molar-refractivity contribution in [3.05, 3.63) is 47.8 Å². The molecule has 0 spiro atoms. The molecule has 4 heterocycles. The minimum Gasteiger partial charge on any atom is -0.354 e. The topological polar surface area (TPSA) is 56.1 Å². The molecule has 4 rings (SSSR count). The standard InChI is InChI=1S/C18H16F3N5/c19-18(20,21)13-4-5-16(23-9-13)25-10-12-6-7-26(15(12)11-25)17-3-1-2-14(8-22)24-17/h1-5,9,12,15H,6-7,10-11H2. The maximum absolute atomic E-state index is 12.7. The van der Waals surface area contributed by atoms with Crippen LogP contribution in [0.15, 0.2) is 36.5 Å². The highest BCUT2D eigenvalue weighted by Crippen LogP contribution is 2.36. The summed E-state index contributed by atoms with van der Waals surface area (Å²) in [6, 6.07) is 10.2. The minimum absolute atomic E-state index is 0.223. The van der Waals surface area contributed by atoms with Crippen LogP contribution in [0.4, 0.5) is 24.8 Å². The van der Waals surface area contributed by atoms with Gasteiger partial charge >= 0.3 is 6.18 Å². The van der Waals surface area contributed by atoms with Crippen molar-refractivity contribution < 1.29 is 13.2 Å². The van der Waals surface area contributed by atoms with Gasteiger partial charge in [-0.25, -0.2) is 9.97 Å². The van der Waals surface area contributed by atoms with Crippen LogP contribution >= 0.6 is 0 Å². The number of hydrogen-bond acceptors (Lipinski definition) is 5. The Balaban J connectivity index is 1.52. The van der Waals surface area contributed by atoms with Crippen molar-refractivity contribution in [3.8, 4) is 6.07 Å². The molecule has 5 nitrogen and oxygen atoms in total. The third-order valence-electron chi connectivity index (χ3n) is 5.09. The van der Waals surface area contributed by atoms with Crippen molar-refractivity contribution in [2.24, 2.45) is 5.92 Å². The van der Waals surface area contributed by atoms with E-state index in [0.717, 1.165) is 37.6 Å². The molecule has 2 unspecified atom stereocenters. The summed E-state index contributed by atoms with van der Waals surface area (Å²) in [7, 11) is 0. The fourth-order valence-corrected chi connectivity index (χ4v) is 3.82. The number of nitrogens with zero attached hydrogens (tertiary/aromatic N) is 5. The molecule has 26 heavy (non-hydrogen) atoms. The zero-order chi connectivity index (χ0) is 18.3. The molecule has 0 saturated carbocycles. The van der Waals surface area contributed by atoms with Crippen molar-refractivity contribution in [1.82, 2.24) is 9.97 Å². The van der Waals surface area contributed by atoms with E-state index in [9.17, 15) is 13.2 Å². The third kappa shape index (κ3) is 2.94. The zero-order valence-corrected chi connectivity index (χ0v) is 13.8. The highest BCUT2D eigenvalue weighted by Gasteiger charge is 2.42. The average molecular weight is 359 g/mol. The Morgan fingerprint density at radius 2 is 1.96 bits per heavy atom. The van der Waals surface area contributed by atoms with Gasteiger partial charge in [-0.3, -0.25) is 0 Å². The Labute approximate surface area is 148 Å². The van der Waals surface area contributed by atoms with Crippen molar-refractivity contribution >= 4 is 11.6 Å². The number of hydrogen-bond donors (Lipinski definition) is 0. The molecule has 0 aromatic carbocycles. The Bertz CT molecular complexity index is 843. The number of pyridine rings is 2. The van der Waals surface area contributed by atoms with Crippen LogP contribution in [0.3, 0.4) is 0 Å². The summed E-state index contributed by atoms with van der Waals surface area (Å²) < 4.78 is 38.1. The number of fused-ring (bicyclic) bond motifs is 1. The Morgan fingerprint density at radius 1 is 1.12 bits per heavy atom. The predicted molar refractivity (Wildman–Crippen MR) is 89.6 cm³/mol. The highest BCUT2D eigenvalue weighted by atomic mass is 19.4. The smallest absolute Gasteiger partial charge is 0.354 e. The second-order valence-corrected chi connectivity index (χ2v) is 6.61. The summed E-state index contributed by atoms with van der Waals surface area (Å²) in [5.74, 6) is 1.75. The normalized spacial score (nSPS) is 22.4. The lowest BCUT2D eigenvalue weighted by molar-refractivity contribution is -0.137. The second-order valence-electron chi connectivity index (χ2n) is 6.61. The van der Waals surface area contributed by atoms with E-state index in [4.69, 9.17) is 5.26 Å². The number of rotatable bonds is 2. The number of nitriles is 1. The van der Waals surface area contributed by atoms with Gasteiger partial charge in [-0.2, -0.15) is 18.4 Å². The van der Waals surface area contributed by atoms with Gasteiger partial charge in [-0.15, -0.1) is 0 Å². The molecule has 8 heteroatoms. The molecule has 2 aliphatic rings. The van der Waals surface area contributed by atoms with Crippen LogP contribution in [0.25, 0.3) is 0 Å². The maximum Gasteiger partial charge on any atom is 0.417 e. The second kappa shape index (κ2) is 6.16. The first kappa shape index (κ1) is 16.6. The van der Waals surface area contributed by atoms with Crippen molar-refractivity contribution in [2.75, 3.05) is 29.4 Å². The van der Waals surface area contributed by atoms with Crippen LogP contribution in [0.5, 0.6) is 0 Å². The summed E-state index contributed by atoms with van der Waals surface area (Å²) in [4.78, 5) is 12.6. The molecular weight excluding hydrogens is 343 g/mol. The zero-order valence-electron chi connectivity index (χ0n) is 13.8. The van der Waals surface area contributed by atoms with Crippen LogP contribution in [-0.4, -0.2) is 35.6 Å². The molecule has 2 aliphatic heterocycles. The monoisotopic (exact) mass is 359 g/mol. The van der Waals surface area contributed by atoms with E-state index in [2.05, 4.69) is 20.9 Å². The summed E-state index contributed by atoms with van der Waals surface area (Å²) in [5.41, 5.74) is -0.356. The molecule has 0 amide bonds. The molecule has 0 aliphatic carbocycles. The Morgan fingerprint density at radius 3 is 2.65 bits per heavy atom. The van der Waals surface area contributed by atoms with E-state index in [1.54, 1.807) is 6.07 Å². The predicted octanol–water partition coefficient (Wildman–Crippen LogP) is 3.08. The van der Waals surface area contributed by atoms with Crippen molar-refractivity contribution in [1.29, 1.82) is 5.26 Å². The van der Waals surface area contributed by atoms with Crippen LogP contribution in [0, 0.1) is 17.2 Å². The van der Waals surface area contributed by atoms with Gasteiger partial charge in [0.05, 0.1) is 11.6 Å². The van der Waals surface area contributed by atoms with Gasteiger partial charge in [0.15, 0.2) is 0 Å². The Kier molecular flexibility index (Phi) is 3.94. The summed E-state index contributed by atoms with van der Waals surface area (Å²) in [5, 5.41) is 9.04. The summed E-state index contributed by atoms with van der Waals surface area (Å²) in [6.45, 7) is 2.31. The van der Waals surface area contributed by atoms with Gasteiger partial charge in [0, 0.05) is 31.7 Å². The Hall–Kier alpha value is -2.82. The average Bonchev–Trinajstić information content (AvgIpc) is 3.22. The van der Waals surface area contributed by atoms with E-state index in [-0.39, 0.29) is 6.04 Å². The van der Waals surface area contributed by atoms with Gasteiger partial charge in [0.2, 0.25) is 0 Å². The van der Waals surface area contributed by atoms with E-state index < -0.39 is 11.7 Å². The lowest BCUT2D eigenvalue weighted by atomic mass is 10.1. The first-order chi connectivity index (χ1) is 12.5. The quantitative estimate of drug-likeness (QED) is 0.825. The largest absolute Gasteiger partial charge is 0.417 e. The van der Waals surface area contributed by atoms with Gasteiger partial charge in [0.1, 0.15) is 23.4 Å². The van der Waals surface area contributed by atoms with E-state index in [0.29, 0.717) is 24.0 Å². The van der Waals surface area contributed by atoms with Gasteiger partial charge in [0.25, 0.3) is 0 Å². The summed E-state index contributed by atoms with van der Waals surface area (Å²) >= 11 is 0. The van der Waals surface area contributed by atoms with Crippen LogP contribution < -0.4 is 9.80 Å². The van der Waals surface area contributed by atoms with E-state index >= 15 is 0 Å². The molecule has 0 radical (unpaired) electrons. The fraction of sp³-hybridized carbons (Fsp3) is 0.389. The molecule has 2 atom stereocenters. The van der Waals surface area contributed by atoms with Crippen molar-refractivity contribution in [2.45, 2.75) is 18.6 Å². The van der Waals surface area contributed by atoms with Crippen molar-refractivity contribution in [3.63, 3.8) is 0 Å². The lowest BCUT2D eigenvalue weighted by Gasteiger charge is -2.26. The SMILES string of the molecule is N#Cc1cccc(N2CCC3CN(c4ccc(C(F)(F)F)cn4)CC32)n1. The van der Waals surface area contributed by atoms with E-state index in [1.165, 1.54) is 6.07 Å². The van der Waals surface area contributed by atoms with Crippen LogP contribution in [0.2, 0.25) is 0 Å². The molecule has 2 saturated heterocycles. The lowest BCUT2D eigenvalue weighted by Crippen LogP contribution is -2.36. The van der Waals surface area contributed by atoms with Crippen LogP contribution in [-0.2, 0) is 6.18 Å². The summed E-state index contributed by atoms with van der Waals surface area (Å²) in [6.07, 6.45) is -2.50. The molecular formula is C18H16F3N5. The fourth-order valence-electron chi connectivity index (χ4n) is 3.82. The van der Waals surface area contributed by atoms with E-state index in [1.807, 2.05) is 17.0 Å². The minimum atomic E-state index is -4.37. The van der Waals surface area contributed by atoms with Crippen LogP contribution in [0.1, 0.15) is 17.7 Å². The first-order valence-corrected chi connectivity index (χ1v) is 8.38. The number of aromatic nitrogens is 2. The maximum atomic E-state index is 12.7. The van der Waals surface area contributed by atoms with Gasteiger partial charge in [-0.1, -0.05) is 6.07 Å². The number of alkyl halides is 3. The molecule has 134 valence electrons. The third-order valence-corrected chi connectivity index (χ3v) is 5.09. The highest BCUT2D eigenvalue weighted by molar-refractivity contribution is 5.49. The molecule has 2 aromatic rings.